The summed E-state index contributed by atoms with van der Waals surface area (Å²) in [6.45, 7) is 2.52. The lowest BCUT2D eigenvalue weighted by Gasteiger charge is -2.23. The number of benzene rings is 1. The van der Waals surface area contributed by atoms with E-state index >= 15 is 0 Å². The van der Waals surface area contributed by atoms with Gasteiger partial charge in [0.25, 0.3) is 0 Å². The molecule has 0 radical (unpaired) electrons. The molecule has 3 rings (SSSR count). The van der Waals surface area contributed by atoms with Crippen LogP contribution >= 0.6 is 0 Å². The highest BCUT2D eigenvalue weighted by molar-refractivity contribution is 6.08. The van der Waals surface area contributed by atoms with Gasteiger partial charge in [-0.05, 0) is 25.0 Å². The van der Waals surface area contributed by atoms with Crippen molar-refractivity contribution < 1.29 is 19.1 Å². The summed E-state index contributed by atoms with van der Waals surface area (Å²) in [6.07, 6.45) is 0.368. The van der Waals surface area contributed by atoms with Gasteiger partial charge in [0.15, 0.2) is 0 Å². The summed E-state index contributed by atoms with van der Waals surface area (Å²) in [7, 11) is 2.60. The largest absolute Gasteiger partial charge is 0.468 e. The molecule has 110 valence electrons. The quantitative estimate of drug-likeness (QED) is 0.625. The highest BCUT2D eigenvalue weighted by Crippen LogP contribution is 2.43. The number of carbonyl (C=O) groups is 2. The van der Waals surface area contributed by atoms with Crippen molar-refractivity contribution in [2.45, 2.75) is 25.3 Å². The van der Waals surface area contributed by atoms with E-state index in [-0.39, 0.29) is 0 Å². The average Bonchev–Trinajstić information content (AvgIpc) is 3.05. The Balaban J connectivity index is 2.35. The third-order valence-electron chi connectivity index (χ3n) is 4.41. The molecule has 0 saturated carbocycles. The van der Waals surface area contributed by atoms with E-state index in [4.69, 9.17) is 9.47 Å². The van der Waals surface area contributed by atoms with E-state index in [1.165, 1.54) is 14.2 Å². The van der Waals surface area contributed by atoms with E-state index in [0.29, 0.717) is 18.7 Å². The van der Waals surface area contributed by atoms with Gasteiger partial charge >= 0.3 is 11.9 Å². The highest BCUT2D eigenvalue weighted by atomic mass is 16.5. The summed E-state index contributed by atoms with van der Waals surface area (Å²) in [5, 5.41) is 1.05. The smallest absolute Gasteiger partial charge is 0.329 e. The molecule has 1 aliphatic rings. The van der Waals surface area contributed by atoms with Crippen LogP contribution in [0.15, 0.2) is 24.3 Å². The summed E-state index contributed by atoms with van der Waals surface area (Å²) in [5.74, 6) is -1.11. The zero-order chi connectivity index (χ0) is 15.2. The molecule has 2 aromatic rings. The molecular formula is C16H17NO4. The number of hydrogen-bond acceptors (Lipinski definition) is 4. The molecule has 2 heterocycles. The average molecular weight is 287 g/mol. The molecule has 21 heavy (non-hydrogen) atoms. The minimum Gasteiger partial charge on any atom is -0.468 e. The lowest BCUT2D eigenvalue weighted by molar-refractivity contribution is -0.162. The fraction of sp³-hybridized carbons (Fsp3) is 0.375. The Morgan fingerprint density at radius 1 is 1.14 bits per heavy atom. The normalized spacial score (nSPS) is 15.8. The first-order valence-corrected chi connectivity index (χ1v) is 6.83. The lowest BCUT2D eigenvalue weighted by atomic mass is 9.81. The molecule has 5 heteroatoms. The van der Waals surface area contributed by atoms with Crippen LogP contribution in [0, 0.1) is 6.92 Å². The van der Waals surface area contributed by atoms with Gasteiger partial charge in [0, 0.05) is 17.4 Å². The fourth-order valence-corrected chi connectivity index (χ4v) is 3.49. The molecule has 0 N–H and O–H groups in total. The number of ether oxygens (including phenoxy) is 2. The molecule has 0 unspecified atom stereocenters. The predicted molar refractivity (Wildman–Crippen MR) is 77.0 cm³/mol. The molecule has 0 fully saturated rings. The summed E-state index contributed by atoms with van der Waals surface area (Å²) in [4.78, 5) is 24.8. The topological polar surface area (TPSA) is 57.5 Å². The van der Waals surface area contributed by atoms with Crippen molar-refractivity contribution in [1.29, 1.82) is 0 Å². The molecular weight excluding hydrogens is 270 g/mol. The second-order valence-corrected chi connectivity index (χ2v) is 5.28. The molecule has 0 atom stereocenters. The molecule has 0 saturated heterocycles. The van der Waals surface area contributed by atoms with Crippen molar-refractivity contribution >= 4 is 22.8 Å². The Hall–Kier alpha value is -2.30. The first-order valence-electron chi connectivity index (χ1n) is 6.83. The maximum Gasteiger partial charge on any atom is 0.329 e. The second kappa shape index (κ2) is 4.62. The number of nitrogens with zero attached hydrogens (tertiary/aromatic N) is 1. The molecule has 0 amide bonds. The van der Waals surface area contributed by atoms with E-state index < -0.39 is 17.4 Å². The number of rotatable bonds is 2. The number of esters is 2. The van der Waals surface area contributed by atoms with Crippen molar-refractivity contribution in [1.82, 2.24) is 4.57 Å². The summed E-state index contributed by atoms with van der Waals surface area (Å²) in [6, 6.07) is 7.89. The Morgan fingerprint density at radius 2 is 1.76 bits per heavy atom. The van der Waals surface area contributed by atoms with Gasteiger partial charge in [-0.25, -0.2) is 0 Å². The number of para-hydroxylation sites is 1. The zero-order valence-electron chi connectivity index (χ0n) is 12.3. The van der Waals surface area contributed by atoms with Gasteiger partial charge in [0.2, 0.25) is 5.41 Å². The Bertz CT molecular complexity index is 728. The maximum atomic E-state index is 12.4. The first-order chi connectivity index (χ1) is 10.1. The predicted octanol–water partition coefficient (Wildman–Crippen LogP) is 1.94. The van der Waals surface area contributed by atoms with E-state index in [2.05, 4.69) is 0 Å². The van der Waals surface area contributed by atoms with Crippen molar-refractivity contribution in [3.63, 3.8) is 0 Å². The Labute approximate surface area is 122 Å². The van der Waals surface area contributed by atoms with Gasteiger partial charge in [-0.3, -0.25) is 9.59 Å². The van der Waals surface area contributed by atoms with Crippen LogP contribution in [0.1, 0.15) is 17.7 Å². The number of carbonyl (C=O) groups excluding carboxylic acids is 2. The minimum absolute atomic E-state index is 0.368. The SMILES string of the molecule is COC(=O)C1(C(=O)OC)CCn2c1c(C)c1ccccc12. The Morgan fingerprint density at radius 3 is 2.38 bits per heavy atom. The third-order valence-corrected chi connectivity index (χ3v) is 4.41. The van der Waals surface area contributed by atoms with Gasteiger partial charge in [-0.15, -0.1) is 0 Å². The monoisotopic (exact) mass is 287 g/mol. The van der Waals surface area contributed by atoms with E-state index in [1.54, 1.807) is 0 Å². The van der Waals surface area contributed by atoms with Crippen LogP contribution in [-0.2, 0) is 31.0 Å². The maximum absolute atomic E-state index is 12.4. The lowest BCUT2D eigenvalue weighted by Crippen LogP contribution is -2.44. The number of hydrogen-bond donors (Lipinski definition) is 0. The van der Waals surface area contributed by atoms with Crippen molar-refractivity contribution in [3.8, 4) is 0 Å². The molecule has 0 spiro atoms. The van der Waals surface area contributed by atoms with Crippen LogP contribution < -0.4 is 0 Å². The van der Waals surface area contributed by atoms with E-state index in [9.17, 15) is 9.59 Å². The first kappa shape index (κ1) is 13.7. The molecule has 1 aromatic carbocycles. The number of aromatic nitrogens is 1. The van der Waals surface area contributed by atoms with Crippen molar-refractivity contribution in [2.75, 3.05) is 14.2 Å². The fourth-order valence-electron chi connectivity index (χ4n) is 3.49. The van der Waals surface area contributed by atoms with Gasteiger partial charge in [-0.1, -0.05) is 18.2 Å². The van der Waals surface area contributed by atoms with E-state index in [0.717, 1.165) is 16.5 Å². The van der Waals surface area contributed by atoms with Crippen LogP contribution in [0.5, 0.6) is 0 Å². The number of aryl methyl sites for hydroxylation is 2. The van der Waals surface area contributed by atoms with Crippen LogP contribution in [-0.4, -0.2) is 30.7 Å². The number of fused-ring (bicyclic) bond motifs is 3. The van der Waals surface area contributed by atoms with Gasteiger partial charge in [-0.2, -0.15) is 0 Å². The van der Waals surface area contributed by atoms with Gasteiger partial charge < -0.3 is 14.0 Å². The summed E-state index contributed by atoms with van der Waals surface area (Å²) >= 11 is 0. The molecule has 0 aliphatic carbocycles. The minimum atomic E-state index is -1.35. The highest BCUT2D eigenvalue weighted by Gasteiger charge is 2.56. The second-order valence-electron chi connectivity index (χ2n) is 5.28. The van der Waals surface area contributed by atoms with Crippen LogP contribution in [0.25, 0.3) is 10.9 Å². The summed E-state index contributed by atoms with van der Waals surface area (Å²) < 4.78 is 11.9. The zero-order valence-corrected chi connectivity index (χ0v) is 12.3. The van der Waals surface area contributed by atoms with Crippen molar-refractivity contribution in [2.24, 2.45) is 0 Å². The van der Waals surface area contributed by atoms with Crippen LogP contribution in [0.4, 0.5) is 0 Å². The van der Waals surface area contributed by atoms with Gasteiger partial charge in [0.05, 0.1) is 19.9 Å². The Kier molecular flexibility index (Phi) is 3.01. The van der Waals surface area contributed by atoms with E-state index in [1.807, 2.05) is 35.8 Å². The van der Waals surface area contributed by atoms with Crippen molar-refractivity contribution in [3.05, 3.63) is 35.5 Å². The molecule has 5 nitrogen and oxygen atoms in total. The van der Waals surface area contributed by atoms with Crippen LogP contribution in [0.3, 0.4) is 0 Å². The molecule has 1 aromatic heterocycles. The van der Waals surface area contributed by atoms with Gasteiger partial charge in [0.1, 0.15) is 0 Å². The molecule has 0 bridgehead atoms. The molecule has 1 aliphatic heterocycles. The summed E-state index contributed by atoms with van der Waals surface area (Å²) in [5.41, 5.74) is 1.30. The third kappa shape index (κ3) is 1.57. The van der Waals surface area contributed by atoms with Crippen LogP contribution in [0.2, 0.25) is 0 Å². The standard InChI is InChI=1S/C16H17NO4/c1-10-11-6-4-5-7-12(11)17-9-8-16(13(10)17,14(18)20-2)15(19)21-3/h4-7H,8-9H2,1-3H3. The number of methoxy groups -OCH3 is 2.